The lowest BCUT2D eigenvalue weighted by Gasteiger charge is -2.33. The lowest BCUT2D eigenvalue weighted by Crippen LogP contribution is -2.42. The van der Waals surface area contributed by atoms with E-state index in [0.717, 1.165) is 42.2 Å². The van der Waals surface area contributed by atoms with E-state index >= 15 is 0 Å². The minimum absolute atomic E-state index is 0.293. The van der Waals surface area contributed by atoms with Gasteiger partial charge in [-0.05, 0) is 18.1 Å². The maximum absolute atomic E-state index is 5.78. The molecule has 0 N–H and O–H groups in total. The van der Waals surface area contributed by atoms with Crippen molar-refractivity contribution in [1.29, 1.82) is 0 Å². The van der Waals surface area contributed by atoms with Crippen LogP contribution < -0.4 is 4.90 Å². The molecule has 0 radical (unpaired) electrons. The molecule has 1 aromatic carbocycles. The van der Waals surface area contributed by atoms with Crippen molar-refractivity contribution in [3.8, 4) is 10.4 Å². The van der Waals surface area contributed by atoms with Gasteiger partial charge in [-0.1, -0.05) is 37.3 Å². The molecule has 0 amide bonds. The molecule has 0 bridgehead atoms. The second-order valence-corrected chi connectivity index (χ2v) is 6.77. The molecule has 1 aliphatic rings. The number of rotatable bonds is 3. The van der Waals surface area contributed by atoms with E-state index in [-0.39, 0.29) is 0 Å². The van der Waals surface area contributed by atoms with Crippen LogP contribution in [0.25, 0.3) is 20.7 Å². The van der Waals surface area contributed by atoms with E-state index in [0.29, 0.717) is 6.10 Å². The number of fused-ring (bicyclic) bond motifs is 1. The van der Waals surface area contributed by atoms with E-state index in [1.54, 1.807) is 17.7 Å². The summed E-state index contributed by atoms with van der Waals surface area (Å²) in [6, 6.07) is 12.7. The van der Waals surface area contributed by atoms with Crippen molar-refractivity contribution in [2.75, 3.05) is 24.6 Å². The van der Waals surface area contributed by atoms with Gasteiger partial charge in [-0.2, -0.15) is 0 Å². The van der Waals surface area contributed by atoms with Crippen LogP contribution in [0.2, 0.25) is 0 Å². The smallest absolute Gasteiger partial charge is 0.140 e. The van der Waals surface area contributed by atoms with Gasteiger partial charge in [0.05, 0.1) is 18.1 Å². The molecule has 3 heterocycles. The number of hydrogen-bond acceptors (Lipinski definition) is 5. The first kappa shape index (κ1) is 14.6. The highest BCUT2D eigenvalue weighted by Crippen LogP contribution is 2.36. The molecule has 1 atom stereocenters. The largest absolute Gasteiger partial charge is 0.375 e. The van der Waals surface area contributed by atoms with Gasteiger partial charge in [-0.15, -0.1) is 11.3 Å². The molecule has 1 aliphatic heterocycles. The first-order chi connectivity index (χ1) is 11.3. The SMILES string of the molecule is CC[C@@H]1CN(c2ncnc3sc(-c4ccccc4)cc23)CCO1. The average molecular weight is 325 g/mol. The Hall–Kier alpha value is -1.98. The fourth-order valence-corrected chi connectivity index (χ4v) is 4.00. The summed E-state index contributed by atoms with van der Waals surface area (Å²) in [6.45, 7) is 4.72. The summed E-state index contributed by atoms with van der Waals surface area (Å²) in [5.74, 6) is 1.04. The van der Waals surface area contributed by atoms with Crippen LogP contribution in [-0.2, 0) is 4.74 Å². The van der Waals surface area contributed by atoms with Crippen LogP contribution in [0.1, 0.15) is 13.3 Å². The quantitative estimate of drug-likeness (QED) is 0.730. The Morgan fingerprint density at radius 3 is 2.96 bits per heavy atom. The third-order valence-corrected chi connectivity index (χ3v) is 5.35. The summed E-state index contributed by atoms with van der Waals surface area (Å²) < 4.78 is 5.78. The summed E-state index contributed by atoms with van der Waals surface area (Å²) in [6.07, 6.45) is 3.00. The van der Waals surface area contributed by atoms with Crippen molar-refractivity contribution in [2.24, 2.45) is 0 Å². The second kappa shape index (κ2) is 6.26. The minimum atomic E-state index is 0.293. The molecule has 23 heavy (non-hydrogen) atoms. The van der Waals surface area contributed by atoms with Gasteiger partial charge in [-0.3, -0.25) is 0 Å². The lowest BCUT2D eigenvalue weighted by atomic mass is 10.1. The third-order valence-electron chi connectivity index (χ3n) is 4.26. The Labute approximate surface area is 139 Å². The Morgan fingerprint density at radius 2 is 2.13 bits per heavy atom. The monoisotopic (exact) mass is 325 g/mol. The van der Waals surface area contributed by atoms with Gasteiger partial charge in [0.1, 0.15) is 17.0 Å². The van der Waals surface area contributed by atoms with Gasteiger partial charge in [0.15, 0.2) is 0 Å². The predicted octanol–water partition coefficient (Wildman–Crippen LogP) is 3.97. The van der Waals surface area contributed by atoms with E-state index in [9.17, 15) is 0 Å². The molecule has 0 aliphatic carbocycles. The van der Waals surface area contributed by atoms with Gasteiger partial charge in [0, 0.05) is 18.0 Å². The summed E-state index contributed by atoms with van der Waals surface area (Å²) in [4.78, 5) is 13.7. The van der Waals surface area contributed by atoms with Crippen LogP contribution in [0, 0.1) is 0 Å². The van der Waals surface area contributed by atoms with Crippen LogP contribution in [0.4, 0.5) is 5.82 Å². The fourth-order valence-electron chi connectivity index (χ4n) is 3.00. The van der Waals surface area contributed by atoms with Crippen molar-refractivity contribution >= 4 is 27.4 Å². The first-order valence-electron chi connectivity index (χ1n) is 8.01. The zero-order chi connectivity index (χ0) is 15.6. The molecule has 0 unspecified atom stereocenters. The number of nitrogens with zero attached hydrogens (tertiary/aromatic N) is 3. The zero-order valence-electron chi connectivity index (χ0n) is 13.1. The summed E-state index contributed by atoms with van der Waals surface area (Å²) in [7, 11) is 0. The fraction of sp³-hybridized carbons (Fsp3) is 0.333. The molecule has 118 valence electrons. The lowest BCUT2D eigenvalue weighted by molar-refractivity contribution is 0.0382. The minimum Gasteiger partial charge on any atom is -0.375 e. The summed E-state index contributed by atoms with van der Waals surface area (Å²) in [5.41, 5.74) is 1.23. The van der Waals surface area contributed by atoms with Crippen molar-refractivity contribution in [2.45, 2.75) is 19.4 Å². The normalized spacial score (nSPS) is 18.5. The molecule has 4 rings (SSSR count). The van der Waals surface area contributed by atoms with Gasteiger partial charge in [-0.25, -0.2) is 9.97 Å². The standard InChI is InChI=1S/C18H19N3OS/c1-2-14-11-21(8-9-22-14)17-15-10-16(13-6-4-3-5-7-13)23-18(15)20-12-19-17/h3-7,10,12,14H,2,8-9,11H2,1H3/t14-/m1/s1. The maximum atomic E-state index is 5.78. The highest BCUT2D eigenvalue weighted by Gasteiger charge is 2.22. The second-order valence-electron chi connectivity index (χ2n) is 5.74. The molecule has 0 saturated carbocycles. The van der Waals surface area contributed by atoms with E-state index < -0.39 is 0 Å². The van der Waals surface area contributed by atoms with Crippen molar-refractivity contribution in [3.05, 3.63) is 42.7 Å². The number of benzene rings is 1. The van der Waals surface area contributed by atoms with Crippen LogP contribution in [0.15, 0.2) is 42.7 Å². The van der Waals surface area contributed by atoms with Crippen LogP contribution >= 0.6 is 11.3 Å². The highest BCUT2D eigenvalue weighted by atomic mass is 32.1. The molecular formula is C18H19N3OS. The van der Waals surface area contributed by atoms with E-state index in [1.165, 1.54) is 10.4 Å². The number of morpholine rings is 1. The van der Waals surface area contributed by atoms with Gasteiger partial charge in [0.2, 0.25) is 0 Å². The molecule has 5 heteroatoms. The maximum Gasteiger partial charge on any atom is 0.140 e. The van der Waals surface area contributed by atoms with Crippen molar-refractivity contribution in [1.82, 2.24) is 9.97 Å². The molecule has 3 aromatic rings. The van der Waals surface area contributed by atoms with E-state index in [4.69, 9.17) is 4.74 Å². The Balaban J connectivity index is 1.74. The number of thiophene rings is 1. The topological polar surface area (TPSA) is 38.2 Å². The molecule has 1 fully saturated rings. The molecule has 4 nitrogen and oxygen atoms in total. The predicted molar refractivity (Wildman–Crippen MR) is 95.1 cm³/mol. The van der Waals surface area contributed by atoms with Gasteiger partial charge >= 0.3 is 0 Å². The summed E-state index contributed by atoms with van der Waals surface area (Å²) in [5, 5.41) is 1.15. The van der Waals surface area contributed by atoms with Crippen LogP contribution in [0.5, 0.6) is 0 Å². The number of aromatic nitrogens is 2. The van der Waals surface area contributed by atoms with Gasteiger partial charge in [0.25, 0.3) is 0 Å². The van der Waals surface area contributed by atoms with Crippen LogP contribution in [0.3, 0.4) is 0 Å². The van der Waals surface area contributed by atoms with Crippen molar-refractivity contribution < 1.29 is 4.74 Å². The Bertz CT molecular complexity index is 802. The first-order valence-corrected chi connectivity index (χ1v) is 8.83. The molecule has 1 saturated heterocycles. The summed E-state index contributed by atoms with van der Waals surface area (Å²) >= 11 is 1.73. The zero-order valence-corrected chi connectivity index (χ0v) is 13.9. The van der Waals surface area contributed by atoms with Crippen LogP contribution in [-0.4, -0.2) is 35.8 Å². The Morgan fingerprint density at radius 1 is 1.26 bits per heavy atom. The average Bonchev–Trinajstić information content (AvgIpc) is 3.07. The number of ether oxygens (including phenoxy) is 1. The van der Waals surface area contributed by atoms with E-state index in [2.05, 4.69) is 52.1 Å². The van der Waals surface area contributed by atoms with Crippen molar-refractivity contribution in [3.63, 3.8) is 0 Å². The number of hydrogen-bond donors (Lipinski definition) is 0. The third kappa shape index (κ3) is 2.82. The molecule has 0 spiro atoms. The molecular weight excluding hydrogens is 306 g/mol. The molecule has 2 aromatic heterocycles. The highest BCUT2D eigenvalue weighted by molar-refractivity contribution is 7.21. The van der Waals surface area contributed by atoms with Gasteiger partial charge < -0.3 is 9.64 Å². The Kier molecular flexibility index (Phi) is 3.97. The number of anilines is 1. The van der Waals surface area contributed by atoms with E-state index in [1.807, 2.05) is 6.07 Å².